The Hall–Kier alpha value is -3.76. The summed E-state index contributed by atoms with van der Waals surface area (Å²) < 4.78 is 68.5. The SMILES string of the molecule is CCCCC/C=C\C/C=C\CCCCCCCC(=O)O[C@H](COC(=O)CCCCCCC/C=C\CCCCCC)COP(=O)(O)OC[C@@H](O)COP(=O)(O)OC[C@@H](COC(=O)CCCCCCC/C=C\C=C/CCCCCC)OC(=O)CCCCCCC/C=C\C=C/CCCCCC. The maximum absolute atomic E-state index is 13.1. The smallest absolute Gasteiger partial charge is 0.462 e. The lowest BCUT2D eigenvalue weighted by molar-refractivity contribution is -0.161. The van der Waals surface area contributed by atoms with E-state index in [1.54, 1.807) is 0 Å². The van der Waals surface area contributed by atoms with Crippen molar-refractivity contribution in [1.82, 2.24) is 0 Å². The van der Waals surface area contributed by atoms with Crippen LogP contribution in [0.3, 0.4) is 0 Å². The Kier molecular flexibility index (Phi) is 68.9. The average Bonchev–Trinajstić information content (AvgIpc) is 1.05. The third-order valence-corrected chi connectivity index (χ3v) is 18.3. The molecule has 98 heavy (non-hydrogen) atoms. The number of phosphoric ester groups is 2. The van der Waals surface area contributed by atoms with Gasteiger partial charge in [0.1, 0.15) is 19.3 Å². The van der Waals surface area contributed by atoms with E-state index >= 15 is 0 Å². The Morgan fingerprint density at radius 1 is 0.296 bits per heavy atom. The van der Waals surface area contributed by atoms with Gasteiger partial charge in [0.25, 0.3) is 0 Å². The summed E-state index contributed by atoms with van der Waals surface area (Å²) in [6.07, 6.45) is 72.7. The highest BCUT2D eigenvalue weighted by molar-refractivity contribution is 7.47. The van der Waals surface area contributed by atoms with E-state index in [9.17, 15) is 43.2 Å². The van der Waals surface area contributed by atoms with Gasteiger partial charge in [0, 0.05) is 25.7 Å². The molecule has 0 heterocycles. The maximum Gasteiger partial charge on any atom is 0.472 e. The van der Waals surface area contributed by atoms with Crippen molar-refractivity contribution in [3.8, 4) is 0 Å². The maximum atomic E-state index is 13.1. The van der Waals surface area contributed by atoms with Crippen molar-refractivity contribution in [2.75, 3.05) is 39.6 Å². The molecule has 0 aliphatic heterocycles. The molecular formula is C79H140O17P2. The van der Waals surface area contributed by atoms with Gasteiger partial charge in [-0.2, -0.15) is 0 Å². The third-order valence-electron chi connectivity index (χ3n) is 16.4. The van der Waals surface area contributed by atoms with E-state index in [0.29, 0.717) is 25.7 Å². The number of allylic oxidation sites excluding steroid dienone is 14. The van der Waals surface area contributed by atoms with E-state index in [0.717, 1.165) is 161 Å². The van der Waals surface area contributed by atoms with Crippen LogP contribution in [-0.4, -0.2) is 96.7 Å². The van der Waals surface area contributed by atoms with Crippen LogP contribution in [0.5, 0.6) is 0 Å². The molecular weight excluding hydrogens is 1280 g/mol. The topological polar surface area (TPSA) is 237 Å². The second kappa shape index (κ2) is 71.6. The first-order valence-corrected chi connectivity index (χ1v) is 41.9. The lowest BCUT2D eigenvalue weighted by atomic mass is 10.1. The minimum Gasteiger partial charge on any atom is -0.462 e. The molecule has 568 valence electrons. The molecule has 0 spiro atoms. The number of unbranched alkanes of at least 4 members (excludes halogenated alkanes) is 35. The fourth-order valence-corrected chi connectivity index (χ4v) is 11.9. The summed E-state index contributed by atoms with van der Waals surface area (Å²) in [4.78, 5) is 72.9. The van der Waals surface area contributed by atoms with Crippen LogP contribution < -0.4 is 0 Å². The molecule has 3 N–H and O–H groups in total. The molecule has 0 aromatic carbocycles. The first kappa shape index (κ1) is 94.2. The van der Waals surface area contributed by atoms with Gasteiger partial charge in [0.2, 0.25) is 0 Å². The van der Waals surface area contributed by atoms with Gasteiger partial charge in [-0.15, -0.1) is 0 Å². The summed E-state index contributed by atoms with van der Waals surface area (Å²) in [5.74, 6) is -2.22. The van der Waals surface area contributed by atoms with E-state index in [-0.39, 0.29) is 25.7 Å². The summed E-state index contributed by atoms with van der Waals surface area (Å²) in [5, 5.41) is 10.6. The monoisotopic (exact) mass is 1420 g/mol. The largest absolute Gasteiger partial charge is 0.472 e. The van der Waals surface area contributed by atoms with Crippen LogP contribution in [0, 0.1) is 0 Å². The predicted molar refractivity (Wildman–Crippen MR) is 399 cm³/mol. The van der Waals surface area contributed by atoms with Crippen molar-refractivity contribution >= 4 is 39.5 Å². The third kappa shape index (κ3) is 70.7. The van der Waals surface area contributed by atoms with Crippen LogP contribution in [0.4, 0.5) is 0 Å². The summed E-state index contributed by atoms with van der Waals surface area (Å²) in [6, 6.07) is 0. The number of carbonyl (C=O) groups excluding carboxylic acids is 4. The molecule has 17 nitrogen and oxygen atoms in total. The van der Waals surface area contributed by atoms with Gasteiger partial charge in [-0.3, -0.25) is 37.3 Å². The van der Waals surface area contributed by atoms with E-state index in [2.05, 4.69) is 113 Å². The molecule has 0 fully saturated rings. The average molecular weight is 1420 g/mol. The summed E-state index contributed by atoms with van der Waals surface area (Å²) >= 11 is 0. The number of hydrogen-bond acceptors (Lipinski definition) is 15. The van der Waals surface area contributed by atoms with Gasteiger partial charge in [-0.25, -0.2) is 9.13 Å². The van der Waals surface area contributed by atoms with Crippen LogP contribution in [-0.2, 0) is 65.4 Å². The first-order valence-electron chi connectivity index (χ1n) is 38.9. The van der Waals surface area contributed by atoms with Gasteiger partial charge in [0.05, 0.1) is 26.4 Å². The van der Waals surface area contributed by atoms with E-state index < -0.39 is 97.5 Å². The van der Waals surface area contributed by atoms with Crippen LogP contribution in [0.15, 0.2) is 85.1 Å². The standard InChI is InChI=1S/C79H140O17P2/c1-5-9-13-17-21-25-29-33-36-40-44-48-52-56-60-64-77(82)90-70-75(96-79(84)66-62-58-54-50-46-42-38-35-31-27-23-19-15-11-7-3)72-94-98(87,88)92-68-73(80)67-91-97(85,86)93-71-74(69-89-76(81)63-59-55-51-47-43-39-32-28-24-20-16-12-8-4)95-78(83)65-61-57-53-49-45-41-37-34-30-26-22-18-14-10-6-2/h22,25-29,31-38,73-75,80H,5-21,23-24,30,39-72H2,1-4H3,(H,85,86)(H,87,88)/b26-22-,29-25-,31-27-,32-28-,36-33-,37-34-,38-35-/t73-,74-,75-/m1/s1. The molecule has 0 aromatic rings. The number of rotatable bonds is 73. The predicted octanol–water partition coefficient (Wildman–Crippen LogP) is 22.2. The zero-order valence-corrected chi connectivity index (χ0v) is 63.7. The summed E-state index contributed by atoms with van der Waals surface area (Å²) in [6.45, 7) is 4.76. The Morgan fingerprint density at radius 2 is 0.531 bits per heavy atom. The molecule has 0 aliphatic carbocycles. The Labute approximate surface area is 595 Å². The molecule has 0 aliphatic rings. The van der Waals surface area contributed by atoms with Crippen LogP contribution in [0.1, 0.15) is 336 Å². The summed E-state index contributed by atoms with van der Waals surface area (Å²) in [7, 11) is -9.96. The number of esters is 4. The van der Waals surface area contributed by atoms with Crippen molar-refractivity contribution in [1.29, 1.82) is 0 Å². The summed E-state index contributed by atoms with van der Waals surface area (Å²) in [5.41, 5.74) is 0. The molecule has 0 saturated heterocycles. The van der Waals surface area contributed by atoms with Gasteiger partial charge in [0.15, 0.2) is 12.2 Å². The zero-order valence-electron chi connectivity index (χ0n) is 62.0. The highest BCUT2D eigenvalue weighted by Gasteiger charge is 2.30. The lowest BCUT2D eigenvalue weighted by Gasteiger charge is -2.21. The lowest BCUT2D eigenvalue weighted by Crippen LogP contribution is -2.30. The molecule has 5 atom stereocenters. The number of aliphatic hydroxyl groups is 1. The van der Waals surface area contributed by atoms with Gasteiger partial charge >= 0.3 is 39.5 Å². The Bertz CT molecular complexity index is 2190. The minimum absolute atomic E-state index is 0.0748. The Balaban J connectivity index is 5.38. The molecule has 0 amide bonds. The van der Waals surface area contributed by atoms with E-state index in [1.807, 2.05) is 0 Å². The number of carbonyl (C=O) groups is 4. The second-order valence-electron chi connectivity index (χ2n) is 26.0. The van der Waals surface area contributed by atoms with E-state index in [4.69, 9.17) is 37.0 Å². The molecule has 0 rings (SSSR count). The first-order chi connectivity index (χ1) is 47.7. The van der Waals surface area contributed by atoms with Gasteiger partial charge in [-0.05, 0) is 135 Å². The Morgan fingerprint density at radius 3 is 0.847 bits per heavy atom. The number of ether oxygens (including phenoxy) is 4. The van der Waals surface area contributed by atoms with Crippen molar-refractivity contribution in [2.45, 2.75) is 354 Å². The number of hydrogen-bond donors (Lipinski definition) is 3. The molecule has 0 radical (unpaired) electrons. The van der Waals surface area contributed by atoms with Crippen LogP contribution in [0.25, 0.3) is 0 Å². The van der Waals surface area contributed by atoms with Gasteiger partial charge < -0.3 is 33.8 Å². The molecule has 19 heteroatoms. The number of phosphoric acid groups is 2. The highest BCUT2D eigenvalue weighted by Crippen LogP contribution is 2.45. The van der Waals surface area contributed by atoms with Crippen molar-refractivity contribution in [3.05, 3.63) is 85.1 Å². The second-order valence-corrected chi connectivity index (χ2v) is 28.9. The van der Waals surface area contributed by atoms with Crippen molar-refractivity contribution < 1.29 is 80.2 Å². The molecule has 0 saturated carbocycles. The fourth-order valence-electron chi connectivity index (χ4n) is 10.3. The van der Waals surface area contributed by atoms with E-state index in [1.165, 1.54) is 96.3 Å². The van der Waals surface area contributed by atoms with Crippen LogP contribution >= 0.6 is 15.6 Å². The minimum atomic E-state index is -4.98. The van der Waals surface area contributed by atoms with Crippen molar-refractivity contribution in [3.63, 3.8) is 0 Å². The van der Waals surface area contributed by atoms with Gasteiger partial charge in [-0.1, -0.05) is 260 Å². The molecule has 0 aromatic heterocycles. The zero-order chi connectivity index (χ0) is 71.8. The quantitative estimate of drug-likeness (QED) is 0.0128. The molecule has 2 unspecified atom stereocenters. The van der Waals surface area contributed by atoms with Crippen LogP contribution in [0.2, 0.25) is 0 Å². The number of aliphatic hydroxyl groups excluding tert-OH is 1. The van der Waals surface area contributed by atoms with Crippen molar-refractivity contribution in [2.24, 2.45) is 0 Å². The normalized spacial score (nSPS) is 14.4. The molecule has 0 bridgehead atoms. The fraction of sp³-hybridized carbons (Fsp3) is 0.772. The highest BCUT2D eigenvalue weighted by atomic mass is 31.2.